The van der Waals surface area contributed by atoms with Gasteiger partial charge >= 0.3 is 0 Å². The third-order valence-electron chi connectivity index (χ3n) is 4.51. The van der Waals surface area contributed by atoms with Gasteiger partial charge in [0.25, 0.3) is 5.91 Å². The molecule has 1 aliphatic heterocycles. The molecule has 1 atom stereocenters. The van der Waals surface area contributed by atoms with Gasteiger partial charge in [-0.1, -0.05) is 30.3 Å². The summed E-state index contributed by atoms with van der Waals surface area (Å²) >= 11 is 0. The highest BCUT2D eigenvalue weighted by atomic mass is 16.5. The van der Waals surface area contributed by atoms with E-state index in [4.69, 9.17) is 9.47 Å². The molecule has 0 fully saturated rings. The normalized spacial score (nSPS) is 15.5. The largest absolute Gasteiger partial charge is 0.497 e. The lowest BCUT2D eigenvalue weighted by Gasteiger charge is -2.12. The van der Waals surface area contributed by atoms with E-state index in [9.17, 15) is 4.79 Å². The number of carbonyl (C=O) groups excluding carboxylic acids is 1. The number of rotatable bonds is 4. The molecule has 1 amide bonds. The van der Waals surface area contributed by atoms with Gasteiger partial charge < -0.3 is 14.8 Å². The topological polar surface area (TPSA) is 47.6 Å². The summed E-state index contributed by atoms with van der Waals surface area (Å²) in [5, 5.41) is 5.16. The van der Waals surface area contributed by atoms with Gasteiger partial charge in [0.05, 0.1) is 13.7 Å². The van der Waals surface area contributed by atoms with Gasteiger partial charge in [0.1, 0.15) is 17.6 Å². The SMILES string of the molecule is COc1ccc2c(c1)CC(CNC(=O)c1ccc3ccccc3c1)O2. The highest BCUT2D eigenvalue weighted by Crippen LogP contribution is 2.31. The van der Waals surface area contributed by atoms with Crippen LogP contribution in [0.1, 0.15) is 15.9 Å². The summed E-state index contributed by atoms with van der Waals surface area (Å²) in [6.07, 6.45) is 0.719. The van der Waals surface area contributed by atoms with Crippen molar-refractivity contribution >= 4 is 16.7 Å². The lowest BCUT2D eigenvalue weighted by atomic mass is 10.1. The summed E-state index contributed by atoms with van der Waals surface area (Å²) in [7, 11) is 1.65. The van der Waals surface area contributed by atoms with Gasteiger partial charge in [0, 0.05) is 17.5 Å². The van der Waals surface area contributed by atoms with Crippen LogP contribution in [0.3, 0.4) is 0 Å². The van der Waals surface area contributed by atoms with Gasteiger partial charge in [0.2, 0.25) is 0 Å². The zero-order valence-electron chi connectivity index (χ0n) is 14.0. The number of ether oxygens (including phenoxy) is 2. The Morgan fingerprint density at radius 3 is 2.80 bits per heavy atom. The molecule has 3 aromatic carbocycles. The standard InChI is InChI=1S/C21H19NO3/c1-24-18-8-9-20-17(11-18)12-19(25-20)13-22-21(23)16-7-6-14-4-2-3-5-15(14)10-16/h2-11,19H,12-13H2,1H3,(H,22,23). The van der Waals surface area contributed by atoms with Crippen LogP contribution in [-0.4, -0.2) is 25.7 Å². The van der Waals surface area contributed by atoms with Crippen molar-refractivity contribution in [2.75, 3.05) is 13.7 Å². The van der Waals surface area contributed by atoms with Crippen molar-refractivity contribution in [3.8, 4) is 11.5 Å². The minimum absolute atomic E-state index is 0.0495. The molecule has 4 heteroatoms. The maximum absolute atomic E-state index is 12.4. The third-order valence-corrected chi connectivity index (χ3v) is 4.51. The number of carbonyl (C=O) groups is 1. The fourth-order valence-electron chi connectivity index (χ4n) is 3.18. The molecule has 1 aliphatic rings. The van der Waals surface area contributed by atoms with Crippen LogP contribution in [-0.2, 0) is 6.42 Å². The lowest BCUT2D eigenvalue weighted by Crippen LogP contribution is -2.34. The summed E-state index contributed by atoms with van der Waals surface area (Å²) in [6.45, 7) is 0.475. The van der Waals surface area contributed by atoms with Crippen LogP contribution in [0.2, 0.25) is 0 Å². The second-order valence-corrected chi connectivity index (χ2v) is 6.19. The highest BCUT2D eigenvalue weighted by Gasteiger charge is 2.23. The van der Waals surface area contributed by atoms with E-state index < -0.39 is 0 Å². The summed E-state index contributed by atoms with van der Waals surface area (Å²) in [5.41, 5.74) is 1.78. The molecular formula is C21H19NO3. The fraction of sp³-hybridized carbons (Fsp3) is 0.190. The molecule has 3 aromatic rings. The van der Waals surface area contributed by atoms with Crippen molar-refractivity contribution in [3.63, 3.8) is 0 Å². The minimum Gasteiger partial charge on any atom is -0.497 e. The second kappa shape index (κ2) is 6.48. The average molecular weight is 333 g/mol. The van der Waals surface area contributed by atoms with Crippen molar-refractivity contribution in [2.24, 2.45) is 0 Å². The van der Waals surface area contributed by atoms with E-state index in [1.807, 2.05) is 60.7 Å². The van der Waals surface area contributed by atoms with Crippen LogP contribution in [0.15, 0.2) is 60.7 Å². The maximum Gasteiger partial charge on any atom is 0.251 e. The van der Waals surface area contributed by atoms with Crippen molar-refractivity contribution in [1.82, 2.24) is 5.32 Å². The lowest BCUT2D eigenvalue weighted by molar-refractivity contribution is 0.0933. The first kappa shape index (κ1) is 15.5. The smallest absolute Gasteiger partial charge is 0.251 e. The van der Waals surface area contributed by atoms with Crippen molar-refractivity contribution in [2.45, 2.75) is 12.5 Å². The van der Waals surface area contributed by atoms with Gasteiger partial charge in [-0.25, -0.2) is 0 Å². The van der Waals surface area contributed by atoms with E-state index in [0.29, 0.717) is 12.1 Å². The van der Waals surface area contributed by atoms with Crippen LogP contribution in [0.5, 0.6) is 11.5 Å². The molecule has 0 radical (unpaired) electrons. The molecule has 4 rings (SSSR count). The Kier molecular flexibility index (Phi) is 4.02. The number of hydrogen-bond acceptors (Lipinski definition) is 3. The van der Waals surface area contributed by atoms with Gasteiger partial charge in [0.15, 0.2) is 0 Å². The Balaban J connectivity index is 1.40. The predicted octanol–water partition coefficient (Wildman–Crippen LogP) is 3.58. The molecular weight excluding hydrogens is 314 g/mol. The Hall–Kier alpha value is -3.01. The zero-order valence-corrected chi connectivity index (χ0v) is 14.0. The third kappa shape index (κ3) is 3.15. The van der Waals surface area contributed by atoms with E-state index in [-0.39, 0.29) is 12.0 Å². The van der Waals surface area contributed by atoms with Crippen LogP contribution in [0.25, 0.3) is 10.8 Å². The molecule has 0 aromatic heterocycles. The van der Waals surface area contributed by atoms with Crippen LogP contribution >= 0.6 is 0 Å². The first-order valence-corrected chi connectivity index (χ1v) is 8.33. The number of hydrogen-bond donors (Lipinski definition) is 1. The summed E-state index contributed by atoms with van der Waals surface area (Å²) < 4.78 is 11.1. The molecule has 1 unspecified atom stereocenters. The zero-order chi connectivity index (χ0) is 17.2. The molecule has 0 spiro atoms. The molecule has 4 nitrogen and oxygen atoms in total. The summed E-state index contributed by atoms with van der Waals surface area (Å²) in [4.78, 5) is 12.4. The Morgan fingerprint density at radius 2 is 1.96 bits per heavy atom. The molecule has 1 heterocycles. The number of nitrogens with one attached hydrogen (secondary N) is 1. The van der Waals surface area contributed by atoms with Crippen molar-refractivity contribution < 1.29 is 14.3 Å². The van der Waals surface area contributed by atoms with Crippen molar-refractivity contribution in [1.29, 1.82) is 0 Å². The van der Waals surface area contributed by atoms with Gasteiger partial charge in [-0.15, -0.1) is 0 Å². The maximum atomic E-state index is 12.4. The minimum atomic E-state index is -0.0807. The van der Waals surface area contributed by atoms with Crippen molar-refractivity contribution in [3.05, 3.63) is 71.8 Å². The molecule has 126 valence electrons. The molecule has 1 N–H and O–H groups in total. The Morgan fingerprint density at radius 1 is 1.12 bits per heavy atom. The first-order chi connectivity index (χ1) is 12.2. The van der Waals surface area contributed by atoms with E-state index in [1.54, 1.807) is 7.11 Å². The van der Waals surface area contributed by atoms with E-state index in [2.05, 4.69) is 5.32 Å². The average Bonchev–Trinajstić information content (AvgIpc) is 3.07. The van der Waals surface area contributed by atoms with E-state index in [1.165, 1.54) is 0 Å². The van der Waals surface area contributed by atoms with E-state index >= 15 is 0 Å². The van der Waals surface area contributed by atoms with Crippen LogP contribution in [0, 0.1) is 0 Å². The Labute approximate surface area is 146 Å². The second-order valence-electron chi connectivity index (χ2n) is 6.19. The van der Waals surface area contributed by atoms with Gasteiger partial charge in [-0.3, -0.25) is 4.79 Å². The van der Waals surface area contributed by atoms with Gasteiger partial charge in [-0.2, -0.15) is 0 Å². The molecule has 0 aliphatic carbocycles. The predicted molar refractivity (Wildman–Crippen MR) is 97.4 cm³/mol. The molecule has 0 bridgehead atoms. The quantitative estimate of drug-likeness (QED) is 0.794. The fourth-order valence-corrected chi connectivity index (χ4v) is 3.18. The molecule has 0 saturated heterocycles. The molecule has 25 heavy (non-hydrogen) atoms. The number of benzene rings is 3. The number of amides is 1. The first-order valence-electron chi connectivity index (χ1n) is 8.33. The van der Waals surface area contributed by atoms with Gasteiger partial charge in [-0.05, 0) is 41.1 Å². The summed E-state index contributed by atoms with van der Waals surface area (Å²) in [5.74, 6) is 1.61. The monoisotopic (exact) mass is 333 g/mol. The van der Waals surface area contributed by atoms with E-state index in [0.717, 1.165) is 34.3 Å². The number of fused-ring (bicyclic) bond motifs is 2. The number of methoxy groups -OCH3 is 1. The summed E-state index contributed by atoms with van der Waals surface area (Å²) in [6, 6.07) is 19.5. The molecule has 0 saturated carbocycles. The Bertz CT molecular complexity index is 935. The highest BCUT2D eigenvalue weighted by molar-refractivity contribution is 5.98. The van der Waals surface area contributed by atoms with Crippen LogP contribution in [0.4, 0.5) is 0 Å². The van der Waals surface area contributed by atoms with Crippen LogP contribution < -0.4 is 14.8 Å².